The Morgan fingerprint density at radius 1 is 1.67 bits per heavy atom. The van der Waals surface area contributed by atoms with Gasteiger partial charge in [0.15, 0.2) is 5.78 Å². The van der Waals surface area contributed by atoms with Gasteiger partial charge in [-0.05, 0) is 26.1 Å². The Kier molecular flexibility index (Phi) is 3.26. The van der Waals surface area contributed by atoms with Crippen LogP contribution in [0, 0.1) is 0 Å². The van der Waals surface area contributed by atoms with Gasteiger partial charge in [-0.25, -0.2) is 0 Å². The third-order valence-corrected chi connectivity index (χ3v) is 2.89. The smallest absolute Gasteiger partial charge is 0.189 e. The molecule has 1 aromatic rings. The third kappa shape index (κ3) is 2.06. The molecule has 0 spiro atoms. The van der Waals surface area contributed by atoms with Crippen molar-refractivity contribution in [1.82, 2.24) is 5.32 Å². The van der Waals surface area contributed by atoms with Crippen molar-refractivity contribution in [1.29, 1.82) is 0 Å². The van der Waals surface area contributed by atoms with Gasteiger partial charge in [-0.2, -0.15) is 0 Å². The number of ketones is 1. The van der Waals surface area contributed by atoms with E-state index in [0.29, 0.717) is 9.21 Å². The van der Waals surface area contributed by atoms with E-state index in [2.05, 4.69) is 5.32 Å². The molecule has 12 heavy (non-hydrogen) atoms. The summed E-state index contributed by atoms with van der Waals surface area (Å²) in [6.45, 7) is 1.83. The minimum absolute atomic E-state index is 0.0920. The Morgan fingerprint density at radius 3 is 2.75 bits per heavy atom. The molecule has 0 bridgehead atoms. The van der Waals surface area contributed by atoms with Crippen molar-refractivity contribution >= 4 is 28.7 Å². The number of hydrogen-bond donors (Lipinski definition) is 1. The van der Waals surface area contributed by atoms with Crippen LogP contribution in [0.25, 0.3) is 0 Å². The molecule has 1 atom stereocenters. The maximum atomic E-state index is 11.5. The SMILES string of the molecule is CN[C@@H](C)C(=O)c1ccc(Cl)s1. The second kappa shape index (κ2) is 4.03. The van der Waals surface area contributed by atoms with Crippen molar-refractivity contribution in [2.45, 2.75) is 13.0 Å². The molecule has 1 N–H and O–H groups in total. The van der Waals surface area contributed by atoms with Gasteiger partial charge in [-0.1, -0.05) is 11.6 Å². The van der Waals surface area contributed by atoms with E-state index in [4.69, 9.17) is 11.6 Å². The largest absolute Gasteiger partial charge is 0.310 e. The second-order valence-electron chi connectivity index (χ2n) is 2.48. The van der Waals surface area contributed by atoms with Crippen molar-refractivity contribution in [2.75, 3.05) is 7.05 Å². The van der Waals surface area contributed by atoms with E-state index in [0.717, 1.165) is 0 Å². The lowest BCUT2D eigenvalue weighted by atomic mass is 10.2. The average molecular weight is 204 g/mol. The van der Waals surface area contributed by atoms with Crippen LogP contribution >= 0.6 is 22.9 Å². The first-order valence-corrected chi connectivity index (χ1v) is 4.81. The maximum absolute atomic E-state index is 11.5. The molecule has 0 aliphatic rings. The fraction of sp³-hybridized carbons (Fsp3) is 0.375. The van der Waals surface area contributed by atoms with Gasteiger partial charge < -0.3 is 5.32 Å². The predicted molar refractivity (Wildman–Crippen MR) is 52.2 cm³/mol. The van der Waals surface area contributed by atoms with Crippen LogP contribution in [0.2, 0.25) is 4.34 Å². The van der Waals surface area contributed by atoms with Gasteiger partial charge in [-0.15, -0.1) is 11.3 Å². The fourth-order valence-electron chi connectivity index (χ4n) is 0.791. The van der Waals surface area contributed by atoms with E-state index in [-0.39, 0.29) is 11.8 Å². The number of Topliss-reactive ketones (excluding diaryl/α,β-unsaturated/α-hetero) is 1. The lowest BCUT2D eigenvalue weighted by Crippen LogP contribution is -2.30. The van der Waals surface area contributed by atoms with Crippen LogP contribution in [0.15, 0.2) is 12.1 Å². The van der Waals surface area contributed by atoms with Crippen LogP contribution in [0.3, 0.4) is 0 Å². The monoisotopic (exact) mass is 203 g/mol. The third-order valence-electron chi connectivity index (χ3n) is 1.64. The topological polar surface area (TPSA) is 29.1 Å². The molecule has 0 aliphatic carbocycles. The summed E-state index contributed by atoms with van der Waals surface area (Å²) in [5.41, 5.74) is 0. The molecular formula is C8H10ClNOS. The predicted octanol–water partition coefficient (Wildman–Crippen LogP) is 2.19. The number of halogens is 1. The summed E-state index contributed by atoms with van der Waals surface area (Å²) in [5, 5.41) is 2.89. The first-order valence-electron chi connectivity index (χ1n) is 3.62. The number of thiophene rings is 1. The first kappa shape index (κ1) is 9.71. The number of carbonyl (C=O) groups excluding carboxylic acids is 1. The summed E-state index contributed by atoms with van der Waals surface area (Å²) in [6, 6.07) is 3.35. The fourth-order valence-corrected chi connectivity index (χ4v) is 1.86. The molecule has 0 radical (unpaired) electrons. The molecule has 66 valence electrons. The van der Waals surface area contributed by atoms with E-state index in [1.165, 1.54) is 11.3 Å². The lowest BCUT2D eigenvalue weighted by molar-refractivity contribution is 0.0959. The Bertz CT molecular complexity index is 284. The van der Waals surface area contributed by atoms with Gasteiger partial charge in [0, 0.05) is 0 Å². The lowest BCUT2D eigenvalue weighted by Gasteiger charge is -2.05. The summed E-state index contributed by atoms with van der Waals surface area (Å²) in [5.74, 6) is 0.0920. The minimum atomic E-state index is -0.139. The molecule has 0 aliphatic heterocycles. The Morgan fingerprint density at radius 2 is 2.33 bits per heavy atom. The summed E-state index contributed by atoms with van der Waals surface area (Å²) >= 11 is 7.01. The number of likely N-dealkylation sites (N-methyl/N-ethyl adjacent to an activating group) is 1. The van der Waals surface area contributed by atoms with Crippen LogP contribution < -0.4 is 5.32 Å². The van der Waals surface area contributed by atoms with Crippen LogP contribution in [-0.4, -0.2) is 18.9 Å². The molecule has 1 aromatic heterocycles. The summed E-state index contributed by atoms with van der Waals surface area (Å²) < 4.78 is 0.654. The van der Waals surface area contributed by atoms with Crippen molar-refractivity contribution in [3.63, 3.8) is 0 Å². The highest BCUT2D eigenvalue weighted by Crippen LogP contribution is 2.22. The van der Waals surface area contributed by atoms with Crippen LogP contribution in [-0.2, 0) is 0 Å². The van der Waals surface area contributed by atoms with Crippen molar-refractivity contribution in [3.05, 3.63) is 21.3 Å². The molecule has 1 rings (SSSR count). The van der Waals surface area contributed by atoms with E-state index in [1.54, 1.807) is 19.2 Å². The molecule has 1 heterocycles. The van der Waals surface area contributed by atoms with E-state index >= 15 is 0 Å². The Hall–Kier alpha value is -0.380. The molecular weight excluding hydrogens is 194 g/mol. The zero-order valence-corrected chi connectivity index (χ0v) is 8.50. The highest BCUT2D eigenvalue weighted by atomic mass is 35.5. The normalized spacial score (nSPS) is 12.9. The average Bonchev–Trinajstić information content (AvgIpc) is 2.49. The Balaban J connectivity index is 2.78. The van der Waals surface area contributed by atoms with Gasteiger partial charge in [0.25, 0.3) is 0 Å². The van der Waals surface area contributed by atoms with Crippen LogP contribution in [0.4, 0.5) is 0 Å². The molecule has 2 nitrogen and oxygen atoms in total. The van der Waals surface area contributed by atoms with E-state index in [1.807, 2.05) is 6.92 Å². The molecule has 0 unspecified atom stereocenters. The standard InChI is InChI=1S/C8H10ClNOS/c1-5(10-2)8(11)6-3-4-7(9)12-6/h3-5,10H,1-2H3/t5-/m0/s1. The summed E-state index contributed by atoms with van der Waals surface area (Å²) in [6.07, 6.45) is 0. The van der Waals surface area contributed by atoms with Gasteiger partial charge in [0.05, 0.1) is 15.3 Å². The number of nitrogens with one attached hydrogen (secondary N) is 1. The summed E-state index contributed by atoms with van der Waals surface area (Å²) in [7, 11) is 1.76. The van der Waals surface area contributed by atoms with Gasteiger partial charge in [0.2, 0.25) is 0 Å². The quantitative estimate of drug-likeness (QED) is 0.764. The molecule has 0 saturated heterocycles. The molecule has 0 saturated carbocycles. The maximum Gasteiger partial charge on any atom is 0.189 e. The van der Waals surface area contributed by atoms with Gasteiger partial charge >= 0.3 is 0 Å². The molecule has 0 aromatic carbocycles. The second-order valence-corrected chi connectivity index (χ2v) is 4.19. The molecule has 0 amide bonds. The highest BCUT2D eigenvalue weighted by Gasteiger charge is 2.14. The van der Waals surface area contributed by atoms with Gasteiger partial charge in [0.1, 0.15) is 0 Å². The number of hydrogen-bond acceptors (Lipinski definition) is 3. The molecule has 4 heteroatoms. The van der Waals surface area contributed by atoms with Crippen molar-refractivity contribution < 1.29 is 4.79 Å². The Labute approximate surface area is 80.5 Å². The van der Waals surface area contributed by atoms with Gasteiger partial charge in [-0.3, -0.25) is 4.79 Å². The van der Waals surface area contributed by atoms with Crippen LogP contribution in [0.1, 0.15) is 16.6 Å². The minimum Gasteiger partial charge on any atom is -0.310 e. The zero-order chi connectivity index (χ0) is 9.14. The first-order chi connectivity index (χ1) is 5.65. The zero-order valence-electron chi connectivity index (χ0n) is 6.93. The van der Waals surface area contributed by atoms with E-state index in [9.17, 15) is 4.79 Å². The van der Waals surface area contributed by atoms with Crippen LogP contribution in [0.5, 0.6) is 0 Å². The van der Waals surface area contributed by atoms with Crippen molar-refractivity contribution in [3.8, 4) is 0 Å². The van der Waals surface area contributed by atoms with E-state index < -0.39 is 0 Å². The van der Waals surface area contributed by atoms with Crippen molar-refractivity contribution in [2.24, 2.45) is 0 Å². The summed E-state index contributed by atoms with van der Waals surface area (Å²) in [4.78, 5) is 12.2. The number of rotatable bonds is 3. The highest BCUT2D eigenvalue weighted by molar-refractivity contribution is 7.18. The molecule has 0 fully saturated rings. The number of carbonyl (C=O) groups is 1.